The maximum Gasteiger partial charge on any atom is 0.255 e. The van der Waals surface area contributed by atoms with Gasteiger partial charge in [-0.05, 0) is 26.8 Å². The highest BCUT2D eigenvalue weighted by Gasteiger charge is 2.24. The first-order valence-corrected chi connectivity index (χ1v) is 6.37. The molecular weight excluding hydrogens is 222 g/mol. The molecule has 0 bridgehead atoms. The van der Waals surface area contributed by atoms with E-state index in [4.69, 9.17) is 4.74 Å². The molecular formula is C12H17NO2S. The van der Waals surface area contributed by atoms with Gasteiger partial charge in [-0.3, -0.25) is 4.79 Å². The average Bonchev–Trinajstić information content (AvgIpc) is 2.57. The summed E-state index contributed by atoms with van der Waals surface area (Å²) in [5, 5.41) is 0. The smallest absolute Gasteiger partial charge is 0.255 e. The highest BCUT2D eigenvalue weighted by Crippen LogP contribution is 2.22. The molecule has 0 aromatic carbocycles. The van der Waals surface area contributed by atoms with Crippen LogP contribution in [-0.4, -0.2) is 36.6 Å². The molecule has 0 N–H and O–H groups in total. The maximum absolute atomic E-state index is 12.3. The second-order valence-corrected chi connectivity index (χ2v) is 5.72. The molecule has 0 spiro atoms. The first-order valence-electron chi connectivity index (χ1n) is 5.56. The minimum Gasteiger partial charge on any atom is -0.375 e. The number of aryl methyl sites for hydroxylation is 2. The van der Waals surface area contributed by atoms with Crippen LogP contribution in [0, 0.1) is 13.8 Å². The molecule has 2 heterocycles. The van der Waals surface area contributed by atoms with Crippen molar-refractivity contribution in [1.82, 2.24) is 4.90 Å². The van der Waals surface area contributed by atoms with E-state index in [0.717, 1.165) is 10.4 Å². The van der Waals surface area contributed by atoms with Crippen molar-refractivity contribution < 1.29 is 9.53 Å². The van der Waals surface area contributed by atoms with E-state index in [-0.39, 0.29) is 12.0 Å². The van der Waals surface area contributed by atoms with E-state index in [9.17, 15) is 4.79 Å². The van der Waals surface area contributed by atoms with Crippen molar-refractivity contribution in [2.24, 2.45) is 0 Å². The number of morpholine rings is 1. The first-order chi connectivity index (χ1) is 7.58. The van der Waals surface area contributed by atoms with E-state index in [0.29, 0.717) is 19.7 Å². The summed E-state index contributed by atoms with van der Waals surface area (Å²) >= 11 is 1.68. The zero-order valence-electron chi connectivity index (χ0n) is 9.95. The zero-order chi connectivity index (χ0) is 11.7. The molecule has 16 heavy (non-hydrogen) atoms. The Balaban J connectivity index is 2.15. The number of ether oxygens (including phenoxy) is 1. The van der Waals surface area contributed by atoms with Gasteiger partial charge in [0, 0.05) is 22.8 Å². The van der Waals surface area contributed by atoms with Gasteiger partial charge < -0.3 is 9.64 Å². The van der Waals surface area contributed by atoms with Crippen LogP contribution >= 0.6 is 11.3 Å². The van der Waals surface area contributed by atoms with Crippen molar-refractivity contribution in [1.29, 1.82) is 0 Å². The maximum atomic E-state index is 12.3. The highest BCUT2D eigenvalue weighted by molar-refractivity contribution is 7.12. The van der Waals surface area contributed by atoms with Crippen LogP contribution in [0.1, 0.15) is 27.0 Å². The Morgan fingerprint density at radius 1 is 1.56 bits per heavy atom. The Labute approximate surface area is 100 Å². The fourth-order valence-corrected chi connectivity index (χ4v) is 2.93. The molecule has 0 saturated carbocycles. The Morgan fingerprint density at radius 2 is 2.31 bits per heavy atom. The van der Waals surface area contributed by atoms with Crippen molar-refractivity contribution in [3.05, 3.63) is 21.4 Å². The molecule has 1 aromatic rings. The van der Waals surface area contributed by atoms with Gasteiger partial charge in [0.2, 0.25) is 0 Å². The second-order valence-electron chi connectivity index (χ2n) is 4.26. The lowest BCUT2D eigenvalue weighted by atomic mass is 10.2. The fraction of sp³-hybridized carbons (Fsp3) is 0.583. The van der Waals surface area contributed by atoms with Crippen molar-refractivity contribution in [2.45, 2.75) is 26.9 Å². The van der Waals surface area contributed by atoms with E-state index >= 15 is 0 Å². The van der Waals surface area contributed by atoms with E-state index in [1.807, 2.05) is 31.7 Å². The second kappa shape index (κ2) is 4.55. The summed E-state index contributed by atoms with van der Waals surface area (Å²) in [6.45, 7) is 8.11. The van der Waals surface area contributed by atoms with E-state index < -0.39 is 0 Å². The summed E-state index contributed by atoms with van der Waals surface area (Å²) < 4.78 is 5.44. The fourth-order valence-electron chi connectivity index (χ4n) is 2.02. The van der Waals surface area contributed by atoms with Crippen molar-refractivity contribution in [3.63, 3.8) is 0 Å². The number of nitrogens with zero attached hydrogens (tertiary/aromatic N) is 1. The first kappa shape index (κ1) is 11.6. The van der Waals surface area contributed by atoms with Gasteiger partial charge in [-0.2, -0.15) is 0 Å². The van der Waals surface area contributed by atoms with Gasteiger partial charge in [0.05, 0.1) is 18.3 Å². The molecule has 1 aromatic heterocycles. The highest BCUT2D eigenvalue weighted by atomic mass is 32.1. The van der Waals surface area contributed by atoms with Crippen LogP contribution in [-0.2, 0) is 4.74 Å². The van der Waals surface area contributed by atoms with Crippen LogP contribution in [0.25, 0.3) is 0 Å². The minimum absolute atomic E-state index is 0.150. The van der Waals surface area contributed by atoms with Crippen molar-refractivity contribution in [3.8, 4) is 0 Å². The molecule has 1 aliphatic rings. The minimum atomic E-state index is 0.150. The standard InChI is InChI=1S/C12H17NO2S/c1-8-7-13(4-5-15-8)12(14)11-6-9(2)16-10(11)3/h6,8H,4-5,7H2,1-3H3. The predicted octanol–water partition coefficient (Wildman–Crippen LogP) is 2.23. The lowest BCUT2D eigenvalue weighted by molar-refractivity contribution is -0.0124. The monoisotopic (exact) mass is 239 g/mol. The third kappa shape index (κ3) is 2.28. The van der Waals surface area contributed by atoms with Gasteiger partial charge >= 0.3 is 0 Å². The van der Waals surface area contributed by atoms with E-state index in [2.05, 4.69) is 0 Å². The van der Waals surface area contributed by atoms with Crippen LogP contribution < -0.4 is 0 Å². The number of carbonyl (C=O) groups excluding carboxylic acids is 1. The normalized spacial score (nSPS) is 21.2. The molecule has 3 nitrogen and oxygen atoms in total. The van der Waals surface area contributed by atoms with Crippen molar-refractivity contribution in [2.75, 3.05) is 19.7 Å². The topological polar surface area (TPSA) is 29.5 Å². The molecule has 0 radical (unpaired) electrons. The zero-order valence-corrected chi connectivity index (χ0v) is 10.8. The molecule has 1 saturated heterocycles. The number of hydrogen-bond acceptors (Lipinski definition) is 3. The third-order valence-electron chi connectivity index (χ3n) is 2.80. The lowest BCUT2D eigenvalue weighted by Crippen LogP contribution is -2.44. The van der Waals surface area contributed by atoms with E-state index in [1.54, 1.807) is 11.3 Å². The summed E-state index contributed by atoms with van der Waals surface area (Å²) in [5.41, 5.74) is 0.858. The van der Waals surface area contributed by atoms with Crippen LogP contribution in [0.5, 0.6) is 0 Å². The molecule has 88 valence electrons. The van der Waals surface area contributed by atoms with Crippen molar-refractivity contribution >= 4 is 17.2 Å². The van der Waals surface area contributed by atoms with Gasteiger partial charge in [-0.25, -0.2) is 0 Å². The molecule has 1 amide bonds. The molecule has 1 fully saturated rings. The lowest BCUT2D eigenvalue weighted by Gasteiger charge is -2.31. The summed E-state index contributed by atoms with van der Waals surface area (Å²) in [6, 6.07) is 1.99. The van der Waals surface area contributed by atoms with Gasteiger partial charge in [-0.15, -0.1) is 11.3 Å². The summed E-state index contributed by atoms with van der Waals surface area (Å²) in [4.78, 5) is 16.5. The van der Waals surface area contributed by atoms with E-state index in [1.165, 1.54) is 4.88 Å². The summed E-state index contributed by atoms with van der Waals surface area (Å²) in [7, 11) is 0. The van der Waals surface area contributed by atoms with Gasteiger partial charge in [0.1, 0.15) is 0 Å². The average molecular weight is 239 g/mol. The van der Waals surface area contributed by atoms with Crippen LogP contribution in [0.2, 0.25) is 0 Å². The van der Waals surface area contributed by atoms with Gasteiger partial charge in [0.25, 0.3) is 5.91 Å². The Morgan fingerprint density at radius 3 is 2.88 bits per heavy atom. The number of thiophene rings is 1. The number of amides is 1. The summed E-state index contributed by atoms with van der Waals surface area (Å²) in [6.07, 6.45) is 0.151. The number of rotatable bonds is 1. The Bertz CT molecular complexity index is 400. The molecule has 1 unspecified atom stereocenters. The van der Waals surface area contributed by atoms with Crippen LogP contribution in [0.15, 0.2) is 6.07 Å². The third-order valence-corrected chi connectivity index (χ3v) is 3.77. The van der Waals surface area contributed by atoms with Gasteiger partial charge in [-0.1, -0.05) is 0 Å². The molecule has 0 aliphatic carbocycles. The molecule has 4 heteroatoms. The summed E-state index contributed by atoms with van der Waals surface area (Å²) in [5.74, 6) is 0.150. The number of carbonyl (C=O) groups is 1. The quantitative estimate of drug-likeness (QED) is 0.752. The Kier molecular flexibility index (Phi) is 3.30. The van der Waals surface area contributed by atoms with Crippen LogP contribution in [0.3, 0.4) is 0 Å². The predicted molar refractivity (Wildman–Crippen MR) is 65.1 cm³/mol. The number of hydrogen-bond donors (Lipinski definition) is 0. The SMILES string of the molecule is Cc1cc(C(=O)N2CCOC(C)C2)c(C)s1. The molecule has 1 atom stereocenters. The van der Waals surface area contributed by atoms with Crippen LogP contribution in [0.4, 0.5) is 0 Å². The van der Waals surface area contributed by atoms with Gasteiger partial charge in [0.15, 0.2) is 0 Å². The molecule has 2 rings (SSSR count). The molecule has 1 aliphatic heterocycles. The largest absolute Gasteiger partial charge is 0.375 e. The Hall–Kier alpha value is -0.870.